The van der Waals surface area contributed by atoms with Gasteiger partial charge in [0.1, 0.15) is 11.8 Å². The normalized spacial score (nSPS) is 13.0. The number of ether oxygens (including phenoxy) is 2. The molecule has 0 unspecified atom stereocenters. The molecule has 2 N–H and O–H groups in total. The van der Waals surface area contributed by atoms with E-state index in [1.165, 1.54) is 12.1 Å². The van der Waals surface area contributed by atoms with Crippen LogP contribution in [0, 0.1) is 0 Å². The molecular weight excluding hydrogens is 239 g/mol. The Balaban J connectivity index is 2.89. The number of carbonyl (C=O) groups is 1. The molecule has 4 nitrogen and oxygen atoms in total. The van der Waals surface area contributed by atoms with Gasteiger partial charge in [-0.2, -0.15) is 0 Å². The standard InChI is InChI=1S/C10H10F3NO3/c1-16-9(15)8(14)6-3-2-4-7(5-6)17-10(11,12)13/h2-5,8H,14H2,1H3/t8-/m1/s1. The van der Waals surface area contributed by atoms with Crippen LogP contribution < -0.4 is 10.5 Å². The first-order valence-corrected chi connectivity index (χ1v) is 4.52. The quantitative estimate of drug-likeness (QED) is 0.829. The van der Waals surface area contributed by atoms with E-state index in [0.717, 1.165) is 19.2 Å². The fourth-order valence-electron chi connectivity index (χ4n) is 1.17. The first-order valence-electron chi connectivity index (χ1n) is 4.52. The van der Waals surface area contributed by atoms with Crippen LogP contribution in [0.1, 0.15) is 11.6 Å². The molecule has 7 heteroatoms. The van der Waals surface area contributed by atoms with Crippen LogP contribution in [0.3, 0.4) is 0 Å². The molecule has 1 atom stereocenters. The monoisotopic (exact) mass is 249 g/mol. The second-order valence-corrected chi connectivity index (χ2v) is 3.12. The largest absolute Gasteiger partial charge is 0.573 e. The highest BCUT2D eigenvalue weighted by molar-refractivity contribution is 5.77. The lowest BCUT2D eigenvalue weighted by molar-refractivity contribution is -0.274. The average Bonchev–Trinajstić information content (AvgIpc) is 2.25. The van der Waals surface area contributed by atoms with E-state index in [4.69, 9.17) is 5.73 Å². The van der Waals surface area contributed by atoms with Gasteiger partial charge in [-0.1, -0.05) is 12.1 Å². The number of hydrogen-bond donors (Lipinski definition) is 1. The van der Waals surface area contributed by atoms with Gasteiger partial charge >= 0.3 is 12.3 Å². The molecule has 17 heavy (non-hydrogen) atoms. The van der Waals surface area contributed by atoms with E-state index in [2.05, 4.69) is 9.47 Å². The van der Waals surface area contributed by atoms with E-state index in [1.54, 1.807) is 0 Å². The van der Waals surface area contributed by atoms with Crippen molar-refractivity contribution in [2.24, 2.45) is 5.73 Å². The first kappa shape index (κ1) is 13.3. The lowest BCUT2D eigenvalue weighted by Gasteiger charge is -2.12. The summed E-state index contributed by atoms with van der Waals surface area (Å²) in [5.74, 6) is -1.18. The van der Waals surface area contributed by atoms with Crippen molar-refractivity contribution in [3.8, 4) is 5.75 Å². The Morgan fingerprint density at radius 2 is 2.06 bits per heavy atom. The van der Waals surface area contributed by atoms with Gasteiger partial charge in [0, 0.05) is 0 Å². The van der Waals surface area contributed by atoms with Crippen molar-refractivity contribution < 1.29 is 27.4 Å². The van der Waals surface area contributed by atoms with Crippen molar-refractivity contribution in [2.75, 3.05) is 7.11 Å². The topological polar surface area (TPSA) is 61.5 Å². The zero-order chi connectivity index (χ0) is 13.1. The van der Waals surface area contributed by atoms with Crippen molar-refractivity contribution in [1.29, 1.82) is 0 Å². The van der Waals surface area contributed by atoms with Crippen molar-refractivity contribution in [1.82, 2.24) is 0 Å². The summed E-state index contributed by atoms with van der Waals surface area (Å²) in [6.45, 7) is 0. The Hall–Kier alpha value is -1.76. The third-order valence-electron chi connectivity index (χ3n) is 1.91. The maximum absolute atomic E-state index is 12.0. The molecule has 1 aromatic rings. The molecule has 0 bridgehead atoms. The molecular formula is C10H10F3NO3. The minimum Gasteiger partial charge on any atom is -0.468 e. The van der Waals surface area contributed by atoms with Crippen LogP contribution in [0.5, 0.6) is 5.75 Å². The maximum atomic E-state index is 12.0. The molecule has 0 fully saturated rings. The van der Waals surface area contributed by atoms with Crippen LogP contribution in [0.4, 0.5) is 13.2 Å². The molecule has 0 saturated carbocycles. The third kappa shape index (κ3) is 3.95. The molecule has 0 amide bonds. The molecule has 1 rings (SSSR count). The minimum atomic E-state index is -4.78. The second-order valence-electron chi connectivity index (χ2n) is 3.12. The number of alkyl halides is 3. The zero-order valence-electron chi connectivity index (χ0n) is 8.82. The van der Waals surface area contributed by atoms with Gasteiger partial charge < -0.3 is 15.2 Å². The predicted molar refractivity (Wildman–Crippen MR) is 52.1 cm³/mol. The van der Waals surface area contributed by atoms with Crippen molar-refractivity contribution in [2.45, 2.75) is 12.4 Å². The number of nitrogens with two attached hydrogens (primary N) is 1. The van der Waals surface area contributed by atoms with E-state index in [0.29, 0.717) is 0 Å². The minimum absolute atomic E-state index is 0.179. The van der Waals surface area contributed by atoms with Gasteiger partial charge in [-0.3, -0.25) is 4.79 Å². The van der Waals surface area contributed by atoms with Crippen molar-refractivity contribution in [3.05, 3.63) is 29.8 Å². The van der Waals surface area contributed by atoms with E-state index in [-0.39, 0.29) is 5.56 Å². The number of methoxy groups -OCH3 is 1. The van der Waals surface area contributed by atoms with Crippen molar-refractivity contribution in [3.63, 3.8) is 0 Å². The first-order chi connectivity index (χ1) is 7.83. The zero-order valence-corrected chi connectivity index (χ0v) is 8.82. The van der Waals surface area contributed by atoms with Gasteiger partial charge in [-0.15, -0.1) is 13.2 Å². The van der Waals surface area contributed by atoms with Gasteiger partial charge in [0.05, 0.1) is 7.11 Å². The molecule has 0 saturated heterocycles. The van der Waals surface area contributed by atoms with Gasteiger partial charge in [0.15, 0.2) is 0 Å². The summed E-state index contributed by atoms with van der Waals surface area (Å²) in [5, 5.41) is 0. The smallest absolute Gasteiger partial charge is 0.468 e. The van der Waals surface area contributed by atoms with Gasteiger partial charge in [-0.25, -0.2) is 0 Å². The lowest BCUT2D eigenvalue weighted by atomic mass is 10.1. The Kier molecular flexibility index (Phi) is 3.95. The Morgan fingerprint density at radius 1 is 1.41 bits per heavy atom. The van der Waals surface area contributed by atoms with Gasteiger partial charge in [0.25, 0.3) is 0 Å². The number of halogens is 3. The van der Waals surface area contributed by atoms with E-state index < -0.39 is 24.1 Å². The summed E-state index contributed by atoms with van der Waals surface area (Å²) in [7, 11) is 1.14. The summed E-state index contributed by atoms with van der Waals surface area (Å²) in [4.78, 5) is 11.1. The highest BCUT2D eigenvalue weighted by atomic mass is 19.4. The number of rotatable bonds is 3. The number of benzene rings is 1. The highest BCUT2D eigenvalue weighted by Crippen LogP contribution is 2.25. The average molecular weight is 249 g/mol. The molecule has 0 aliphatic carbocycles. The third-order valence-corrected chi connectivity index (χ3v) is 1.91. The Labute approximate surface area is 95.1 Å². The van der Waals surface area contributed by atoms with Crippen LogP contribution in [0.15, 0.2) is 24.3 Å². The fraction of sp³-hybridized carbons (Fsp3) is 0.300. The summed E-state index contributed by atoms with van der Waals surface area (Å²) >= 11 is 0. The number of hydrogen-bond acceptors (Lipinski definition) is 4. The van der Waals surface area contributed by atoms with Crippen LogP contribution in [-0.4, -0.2) is 19.4 Å². The summed E-state index contributed by atoms with van der Waals surface area (Å²) in [6, 6.07) is 3.72. The van der Waals surface area contributed by atoms with Crippen LogP contribution >= 0.6 is 0 Å². The molecule has 94 valence electrons. The maximum Gasteiger partial charge on any atom is 0.573 e. The fourth-order valence-corrected chi connectivity index (χ4v) is 1.17. The molecule has 0 radical (unpaired) electrons. The summed E-state index contributed by atoms with van der Waals surface area (Å²) in [6.07, 6.45) is -4.78. The molecule has 0 spiro atoms. The molecule has 1 aromatic carbocycles. The Morgan fingerprint density at radius 3 is 2.59 bits per heavy atom. The Bertz CT molecular complexity index is 406. The summed E-state index contributed by atoms with van der Waals surface area (Å²) < 4.78 is 43.9. The lowest BCUT2D eigenvalue weighted by Crippen LogP contribution is -2.23. The number of esters is 1. The van der Waals surface area contributed by atoms with E-state index in [1.807, 2.05) is 0 Å². The molecule has 0 aromatic heterocycles. The predicted octanol–water partition coefficient (Wildman–Crippen LogP) is 1.76. The summed E-state index contributed by atoms with van der Waals surface area (Å²) in [5.41, 5.74) is 5.65. The number of carbonyl (C=O) groups excluding carboxylic acids is 1. The molecule has 0 aliphatic rings. The van der Waals surface area contributed by atoms with Crippen molar-refractivity contribution >= 4 is 5.97 Å². The van der Waals surface area contributed by atoms with Crippen LogP contribution in [-0.2, 0) is 9.53 Å². The van der Waals surface area contributed by atoms with Crippen LogP contribution in [0.2, 0.25) is 0 Å². The molecule has 0 aliphatic heterocycles. The second kappa shape index (κ2) is 5.05. The van der Waals surface area contributed by atoms with Gasteiger partial charge in [0.2, 0.25) is 0 Å². The highest BCUT2D eigenvalue weighted by Gasteiger charge is 2.31. The van der Waals surface area contributed by atoms with Crippen LogP contribution in [0.25, 0.3) is 0 Å². The van der Waals surface area contributed by atoms with Gasteiger partial charge in [-0.05, 0) is 17.7 Å². The van der Waals surface area contributed by atoms with E-state index >= 15 is 0 Å². The molecule has 0 heterocycles. The van der Waals surface area contributed by atoms with E-state index in [9.17, 15) is 18.0 Å². The SMILES string of the molecule is COC(=O)[C@H](N)c1cccc(OC(F)(F)F)c1.